The minimum absolute atomic E-state index is 0.754. The molecule has 1 aliphatic rings. The van der Waals surface area contributed by atoms with E-state index in [0.717, 1.165) is 31.0 Å². The lowest BCUT2D eigenvalue weighted by Crippen LogP contribution is -2.48. The van der Waals surface area contributed by atoms with Crippen molar-refractivity contribution in [2.75, 3.05) is 46.8 Å². The van der Waals surface area contributed by atoms with Crippen molar-refractivity contribution in [2.45, 2.75) is 39.7 Å². The largest absolute Gasteiger partial charge is 0.315 e. The molecule has 0 bridgehead atoms. The van der Waals surface area contributed by atoms with Gasteiger partial charge < -0.3 is 10.2 Å². The molecule has 0 aromatic heterocycles. The van der Waals surface area contributed by atoms with Gasteiger partial charge in [-0.1, -0.05) is 13.8 Å². The first-order chi connectivity index (χ1) is 8.50. The van der Waals surface area contributed by atoms with E-state index in [1.165, 1.54) is 32.5 Å². The molecule has 3 nitrogen and oxygen atoms in total. The lowest BCUT2D eigenvalue weighted by molar-refractivity contribution is 0.0807. The molecule has 1 heterocycles. The Morgan fingerprint density at radius 2 is 1.89 bits per heavy atom. The van der Waals surface area contributed by atoms with Crippen molar-refractivity contribution < 1.29 is 0 Å². The van der Waals surface area contributed by atoms with Crippen molar-refractivity contribution in [3.8, 4) is 0 Å². The van der Waals surface area contributed by atoms with Crippen LogP contribution in [0.4, 0.5) is 0 Å². The molecular weight excluding hydrogens is 222 g/mol. The molecule has 3 heteroatoms. The molecule has 0 aromatic carbocycles. The number of hydrogen-bond acceptors (Lipinski definition) is 3. The van der Waals surface area contributed by atoms with Crippen molar-refractivity contribution in [3.63, 3.8) is 0 Å². The first-order valence-electron chi connectivity index (χ1n) is 7.60. The normalized spacial score (nSPS) is 30.0. The Balaban J connectivity index is 2.10. The minimum Gasteiger partial charge on any atom is -0.315 e. The Kier molecular flexibility index (Phi) is 7.20. The van der Waals surface area contributed by atoms with Crippen LogP contribution < -0.4 is 5.32 Å². The van der Waals surface area contributed by atoms with Crippen LogP contribution in [0.15, 0.2) is 0 Å². The Bertz CT molecular complexity index is 218. The second-order valence-corrected chi connectivity index (χ2v) is 6.46. The van der Waals surface area contributed by atoms with Crippen molar-refractivity contribution in [1.29, 1.82) is 0 Å². The van der Waals surface area contributed by atoms with Gasteiger partial charge in [0.05, 0.1) is 0 Å². The average Bonchev–Trinajstić information content (AvgIpc) is 2.29. The third-order valence-electron chi connectivity index (χ3n) is 4.25. The van der Waals surface area contributed by atoms with Crippen LogP contribution in [0.5, 0.6) is 0 Å². The standard InChI is InChI=1S/C15H33N3/c1-13-11-14(2)15(3)18(12-13)10-8-16-7-6-9-17(4)5/h13-16H,6-12H2,1-5H3. The zero-order valence-corrected chi connectivity index (χ0v) is 13.1. The minimum atomic E-state index is 0.754. The maximum atomic E-state index is 3.57. The maximum absolute atomic E-state index is 3.57. The van der Waals surface area contributed by atoms with Crippen molar-refractivity contribution in [1.82, 2.24) is 15.1 Å². The molecule has 1 fully saturated rings. The predicted molar refractivity (Wildman–Crippen MR) is 80.0 cm³/mol. The molecule has 1 aliphatic heterocycles. The van der Waals surface area contributed by atoms with E-state index in [0.29, 0.717) is 0 Å². The second kappa shape index (κ2) is 8.13. The van der Waals surface area contributed by atoms with Gasteiger partial charge in [-0.15, -0.1) is 0 Å². The smallest absolute Gasteiger partial charge is 0.0110 e. The molecule has 0 saturated carbocycles. The number of nitrogens with one attached hydrogen (secondary N) is 1. The van der Waals surface area contributed by atoms with Crippen molar-refractivity contribution >= 4 is 0 Å². The van der Waals surface area contributed by atoms with Gasteiger partial charge in [-0.2, -0.15) is 0 Å². The van der Waals surface area contributed by atoms with Crippen LogP contribution in [-0.4, -0.2) is 62.7 Å². The Hall–Kier alpha value is -0.120. The monoisotopic (exact) mass is 255 g/mol. The van der Waals surface area contributed by atoms with Gasteiger partial charge in [0.25, 0.3) is 0 Å². The van der Waals surface area contributed by atoms with E-state index < -0.39 is 0 Å². The summed E-state index contributed by atoms with van der Waals surface area (Å²) in [7, 11) is 4.27. The van der Waals surface area contributed by atoms with Crippen molar-refractivity contribution in [2.24, 2.45) is 11.8 Å². The molecule has 3 unspecified atom stereocenters. The van der Waals surface area contributed by atoms with Gasteiger partial charge in [0.15, 0.2) is 0 Å². The van der Waals surface area contributed by atoms with E-state index in [-0.39, 0.29) is 0 Å². The number of piperidine rings is 1. The quantitative estimate of drug-likeness (QED) is 0.701. The van der Waals surface area contributed by atoms with Gasteiger partial charge in [0, 0.05) is 25.7 Å². The van der Waals surface area contributed by atoms with Gasteiger partial charge in [0.1, 0.15) is 0 Å². The molecule has 0 radical (unpaired) electrons. The topological polar surface area (TPSA) is 18.5 Å². The van der Waals surface area contributed by atoms with Crippen LogP contribution >= 0.6 is 0 Å². The molecule has 1 rings (SSSR count). The molecule has 3 atom stereocenters. The van der Waals surface area contributed by atoms with Crippen LogP contribution in [0.2, 0.25) is 0 Å². The Labute approximate surface area is 114 Å². The maximum Gasteiger partial charge on any atom is 0.0110 e. The third kappa shape index (κ3) is 5.68. The van der Waals surface area contributed by atoms with E-state index in [1.807, 2.05) is 0 Å². The highest BCUT2D eigenvalue weighted by molar-refractivity contribution is 4.82. The summed E-state index contributed by atoms with van der Waals surface area (Å²) < 4.78 is 0. The average molecular weight is 255 g/mol. The van der Waals surface area contributed by atoms with Gasteiger partial charge in [-0.3, -0.25) is 4.90 Å². The third-order valence-corrected chi connectivity index (χ3v) is 4.25. The zero-order valence-electron chi connectivity index (χ0n) is 13.1. The summed E-state index contributed by atoms with van der Waals surface area (Å²) in [4.78, 5) is 4.91. The molecule has 1 N–H and O–H groups in total. The lowest BCUT2D eigenvalue weighted by atomic mass is 9.86. The highest BCUT2D eigenvalue weighted by Gasteiger charge is 2.27. The molecule has 0 aliphatic carbocycles. The molecule has 0 spiro atoms. The van der Waals surface area contributed by atoms with Gasteiger partial charge >= 0.3 is 0 Å². The second-order valence-electron chi connectivity index (χ2n) is 6.46. The lowest BCUT2D eigenvalue weighted by Gasteiger charge is -2.41. The highest BCUT2D eigenvalue weighted by Crippen LogP contribution is 2.26. The van der Waals surface area contributed by atoms with Crippen LogP contribution in [-0.2, 0) is 0 Å². The zero-order chi connectivity index (χ0) is 13.5. The van der Waals surface area contributed by atoms with E-state index in [9.17, 15) is 0 Å². The van der Waals surface area contributed by atoms with Crippen LogP contribution in [0.25, 0.3) is 0 Å². The van der Waals surface area contributed by atoms with E-state index in [4.69, 9.17) is 0 Å². The summed E-state index contributed by atoms with van der Waals surface area (Å²) in [5.41, 5.74) is 0. The fourth-order valence-corrected chi connectivity index (χ4v) is 3.00. The van der Waals surface area contributed by atoms with Gasteiger partial charge in [-0.25, -0.2) is 0 Å². The SMILES string of the molecule is CC1CC(C)C(C)N(CCNCCCN(C)C)C1. The highest BCUT2D eigenvalue weighted by atomic mass is 15.2. The summed E-state index contributed by atoms with van der Waals surface area (Å²) in [6, 6.07) is 0.754. The van der Waals surface area contributed by atoms with Crippen LogP contribution in [0, 0.1) is 11.8 Å². The fraction of sp³-hybridized carbons (Fsp3) is 1.00. The molecule has 0 aromatic rings. The van der Waals surface area contributed by atoms with E-state index >= 15 is 0 Å². The summed E-state index contributed by atoms with van der Waals surface area (Å²) in [5, 5.41) is 3.57. The molecule has 108 valence electrons. The molecule has 1 saturated heterocycles. The van der Waals surface area contributed by atoms with Crippen LogP contribution in [0.3, 0.4) is 0 Å². The first-order valence-corrected chi connectivity index (χ1v) is 7.60. The molecular formula is C15H33N3. The van der Waals surface area contributed by atoms with Gasteiger partial charge in [-0.05, 0) is 58.8 Å². The van der Waals surface area contributed by atoms with E-state index in [1.54, 1.807) is 0 Å². The predicted octanol–water partition coefficient (Wildman–Crippen LogP) is 1.89. The summed E-state index contributed by atoms with van der Waals surface area (Å²) in [6.07, 6.45) is 2.64. The van der Waals surface area contributed by atoms with Crippen LogP contribution in [0.1, 0.15) is 33.6 Å². The summed E-state index contributed by atoms with van der Waals surface area (Å²) in [6.45, 7) is 13.1. The van der Waals surface area contributed by atoms with Crippen molar-refractivity contribution in [3.05, 3.63) is 0 Å². The summed E-state index contributed by atoms with van der Waals surface area (Å²) >= 11 is 0. The number of rotatable bonds is 7. The molecule has 18 heavy (non-hydrogen) atoms. The Morgan fingerprint density at radius 1 is 1.17 bits per heavy atom. The number of likely N-dealkylation sites (tertiary alicyclic amines) is 1. The fourth-order valence-electron chi connectivity index (χ4n) is 3.00. The number of hydrogen-bond donors (Lipinski definition) is 1. The van der Waals surface area contributed by atoms with Gasteiger partial charge in [0.2, 0.25) is 0 Å². The molecule has 0 amide bonds. The van der Waals surface area contributed by atoms with E-state index in [2.05, 4.69) is 50.0 Å². The first kappa shape index (κ1) is 15.9. The summed E-state index contributed by atoms with van der Waals surface area (Å²) in [5.74, 6) is 1.72. The Morgan fingerprint density at radius 3 is 2.56 bits per heavy atom. The number of nitrogens with zero attached hydrogens (tertiary/aromatic N) is 2.